The Balaban J connectivity index is 1.83. The van der Waals surface area contributed by atoms with E-state index in [1.807, 2.05) is 18.2 Å². The second-order valence-corrected chi connectivity index (χ2v) is 6.10. The fraction of sp³-hybridized carbons (Fsp3) is 0.100. The van der Waals surface area contributed by atoms with Gasteiger partial charge >= 0.3 is 6.36 Å². The van der Waals surface area contributed by atoms with Gasteiger partial charge in [-0.2, -0.15) is 5.10 Å². The van der Waals surface area contributed by atoms with Gasteiger partial charge in [0.25, 0.3) is 0 Å². The number of carbonyl (C=O) groups is 1. The zero-order valence-corrected chi connectivity index (χ0v) is 14.1. The van der Waals surface area contributed by atoms with Crippen LogP contribution in [0.4, 0.5) is 13.2 Å². The Morgan fingerprint density at radius 2 is 1.70 bits per heavy atom. The van der Waals surface area contributed by atoms with Crippen LogP contribution in [-0.2, 0) is 7.05 Å². The predicted octanol–water partition coefficient (Wildman–Crippen LogP) is 5.10. The van der Waals surface area contributed by atoms with Gasteiger partial charge in [-0.05, 0) is 41.8 Å². The van der Waals surface area contributed by atoms with Crippen molar-refractivity contribution in [3.05, 3.63) is 60.2 Å². The van der Waals surface area contributed by atoms with Gasteiger partial charge in [0, 0.05) is 28.9 Å². The third-order valence-corrected chi connectivity index (χ3v) is 4.34. The van der Waals surface area contributed by atoms with Gasteiger partial charge in [-0.25, -0.2) is 0 Å². The SMILES string of the molecule is Cn1nc2c(ccc3cc(C=O)ccc32)c1-c1ccc(OC(F)(F)F)cc1. The van der Waals surface area contributed by atoms with E-state index in [2.05, 4.69) is 9.84 Å². The Labute approximate surface area is 151 Å². The minimum absolute atomic E-state index is 0.274. The van der Waals surface area contributed by atoms with Crippen molar-refractivity contribution in [3.8, 4) is 17.0 Å². The molecule has 0 spiro atoms. The van der Waals surface area contributed by atoms with Crippen LogP contribution in [0.1, 0.15) is 10.4 Å². The largest absolute Gasteiger partial charge is 0.573 e. The highest BCUT2D eigenvalue weighted by Crippen LogP contribution is 2.34. The number of aryl methyl sites for hydroxylation is 1. The summed E-state index contributed by atoms with van der Waals surface area (Å²) in [6.07, 6.45) is -3.93. The smallest absolute Gasteiger partial charge is 0.406 e. The lowest BCUT2D eigenvalue weighted by molar-refractivity contribution is -0.274. The van der Waals surface area contributed by atoms with Crippen molar-refractivity contribution >= 4 is 28.0 Å². The molecule has 1 aromatic heterocycles. The summed E-state index contributed by atoms with van der Waals surface area (Å²) < 4.78 is 42.6. The number of aromatic nitrogens is 2. The molecule has 0 aliphatic rings. The van der Waals surface area contributed by atoms with E-state index in [9.17, 15) is 18.0 Å². The highest BCUT2D eigenvalue weighted by atomic mass is 19.4. The lowest BCUT2D eigenvalue weighted by Crippen LogP contribution is -2.16. The maximum absolute atomic E-state index is 12.3. The van der Waals surface area contributed by atoms with Crippen LogP contribution in [0.3, 0.4) is 0 Å². The zero-order chi connectivity index (χ0) is 19.2. The molecule has 0 bridgehead atoms. The average molecular weight is 370 g/mol. The second-order valence-electron chi connectivity index (χ2n) is 6.10. The monoisotopic (exact) mass is 370 g/mol. The van der Waals surface area contributed by atoms with Crippen LogP contribution in [0.15, 0.2) is 54.6 Å². The van der Waals surface area contributed by atoms with Gasteiger partial charge in [0.15, 0.2) is 0 Å². The molecule has 0 fully saturated rings. The van der Waals surface area contributed by atoms with Gasteiger partial charge in [0.1, 0.15) is 17.6 Å². The highest BCUT2D eigenvalue weighted by Gasteiger charge is 2.31. The van der Waals surface area contributed by atoms with Crippen LogP contribution in [0.2, 0.25) is 0 Å². The molecule has 0 aliphatic carbocycles. The first-order chi connectivity index (χ1) is 12.9. The lowest BCUT2D eigenvalue weighted by Gasteiger charge is -2.09. The van der Waals surface area contributed by atoms with E-state index in [0.717, 1.165) is 39.2 Å². The maximum atomic E-state index is 12.3. The Kier molecular flexibility index (Phi) is 3.87. The number of rotatable bonds is 3. The molecule has 4 aromatic rings. The van der Waals surface area contributed by atoms with E-state index in [-0.39, 0.29) is 5.75 Å². The van der Waals surface area contributed by atoms with Crippen molar-refractivity contribution in [2.45, 2.75) is 6.36 Å². The van der Waals surface area contributed by atoms with E-state index in [4.69, 9.17) is 0 Å². The number of ether oxygens (including phenoxy) is 1. The Morgan fingerprint density at radius 1 is 1.00 bits per heavy atom. The van der Waals surface area contributed by atoms with Crippen molar-refractivity contribution in [1.82, 2.24) is 9.78 Å². The molecule has 4 rings (SSSR count). The topological polar surface area (TPSA) is 44.1 Å². The molecule has 0 aliphatic heterocycles. The van der Waals surface area contributed by atoms with E-state index in [1.54, 1.807) is 36.0 Å². The quantitative estimate of drug-likeness (QED) is 0.471. The first kappa shape index (κ1) is 17.1. The van der Waals surface area contributed by atoms with Gasteiger partial charge in [-0.1, -0.05) is 18.2 Å². The van der Waals surface area contributed by atoms with Crippen molar-refractivity contribution in [3.63, 3.8) is 0 Å². The maximum Gasteiger partial charge on any atom is 0.573 e. The van der Waals surface area contributed by atoms with Gasteiger partial charge in [0.05, 0.1) is 5.69 Å². The fourth-order valence-electron chi connectivity index (χ4n) is 3.24. The molecule has 0 atom stereocenters. The van der Waals surface area contributed by atoms with Crippen LogP contribution in [0, 0.1) is 0 Å². The molecule has 4 nitrogen and oxygen atoms in total. The number of carbonyl (C=O) groups excluding carboxylic acids is 1. The van der Waals surface area contributed by atoms with Crippen LogP contribution in [-0.4, -0.2) is 22.4 Å². The molecule has 0 saturated carbocycles. The summed E-state index contributed by atoms with van der Waals surface area (Å²) >= 11 is 0. The molecule has 0 amide bonds. The molecule has 136 valence electrons. The third kappa shape index (κ3) is 3.12. The number of aldehydes is 1. The molecule has 3 aromatic carbocycles. The van der Waals surface area contributed by atoms with E-state index in [1.165, 1.54) is 12.1 Å². The molecule has 0 saturated heterocycles. The van der Waals surface area contributed by atoms with Crippen LogP contribution < -0.4 is 4.74 Å². The molecule has 1 heterocycles. The van der Waals surface area contributed by atoms with E-state index >= 15 is 0 Å². The standard InChI is InChI=1S/C20H13F3N2O2/c1-25-19(13-3-6-15(7-4-13)27-20(21,22)23)17-9-5-14-10-12(11-26)2-8-16(14)18(17)24-25/h2-11H,1H3. The minimum atomic E-state index is -4.72. The van der Waals surface area contributed by atoms with Crippen molar-refractivity contribution in [1.29, 1.82) is 0 Å². The summed E-state index contributed by atoms with van der Waals surface area (Å²) in [5.41, 5.74) is 2.85. The Bertz CT molecular complexity index is 1160. The normalized spacial score (nSPS) is 11.9. The molecule has 0 radical (unpaired) electrons. The van der Waals surface area contributed by atoms with E-state index in [0.29, 0.717) is 5.56 Å². The van der Waals surface area contributed by atoms with Gasteiger partial charge in [-0.15, -0.1) is 13.2 Å². The van der Waals surface area contributed by atoms with Crippen molar-refractivity contribution in [2.24, 2.45) is 7.05 Å². The summed E-state index contributed by atoms with van der Waals surface area (Å²) in [4.78, 5) is 11.0. The van der Waals surface area contributed by atoms with Crippen molar-refractivity contribution in [2.75, 3.05) is 0 Å². The number of hydrogen-bond acceptors (Lipinski definition) is 3. The van der Waals surface area contributed by atoms with Crippen molar-refractivity contribution < 1.29 is 22.7 Å². The lowest BCUT2D eigenvalue weighted by atomic mass is 10.0. The third-order valence-electron chi connectivity index (χ3n) is 4.34. The summed E-state index contributed by atoms with van der Waals surface area (Å²) in [5, 5.41) is 7.24. The predicted molar refractivity (Wildman–Crippen MR) is 95.7 cm³/mol. The molecule has 27 heavy (non-hydrogen) atoms. The molecule has 0 N–H and O–H groups in total. The number of alkyl halides is 3. The number of nitrogens with zero attached hydrogens (tertiary/aromatic N) is 2. The molecular weight excluding hydrogens is 357 g/mol. The Morgan fingerprint density at radius 3 is 2.37 bits per heavy atom. The van der Waals surface area contributed by atoms with Gasteiger partial charge < -0.3 is 4.74 Å². The summed E-state index contributed by atoms with van der Waals surface area (Å²) in [5.74, 6) is -0.274. The number of fused-ring (bicyclic) bond motifs is 3. The number of benzene rings is 3. The first-order valence-electron chi connectivity index (χ1n) is 8.06. The second kappa shape index (κ2) is 6.12. The fourth-order valence-corrected chi connectivity index (χ4v) is 3.24. The summed E-state index contributed by atoms with van der Waals surface area (Å²) in [6, 6.07) is 14.8. The Hall–Kier alpha value is -3.35. The summed E-state index contributed by atoms with van der Waals surface area (Å²) in [6.45, 7) is 0. The molecular formula is C20H13F3N2O2. The van der Waals surface area contributed by atoms with Crippen LogP contribution in [0.5, 0.6) is 5.75 Å². The van der Waals surface area contributed by atoms with Crippen LogP contribution in [0.25, 0.3) is 32.9 Å². The zero-order valence-electron chi connectivity index (χ0n) is 14.1. The number of halogens is 3. The highest BCUT2D eigenvalue weighted by molar-refractivity contribution is 6.10. The average Bonchev–Trinajstić information content (AvgIpc) is 2.97. The van der Waals surface area contributed by atoms with E-state index < -0.39 is 6.36 Å². The van der Waals surface area contributed by atoms with Gasteiger partial charge in [0.2, 0.25) is 0 Å². The first-order valence-corrected chi connectivity index (χ1v) is 8.06. The van der Waals surface area contributed by atoms with Gasteiger partial charge in [-0.3, -0.25) is 9.48 Å². The summed E-state index contributed by atoms with van der Waals surface area (Å²) in [7, 11) is 1.78. The number of hydrogen-bond donors (Lipinski definition) is 0. The van der Waals surface area contributed by atoms with Crippen LogP contribution >= 0.6 is 0 Å². The molecule has 7 heteroatoms. The molecule has 0 unspecified atom stereocenters. The minimum Gasteiger partial charge on any atom is -0.406 e.